The van der Waals surface area contributed by atoms with E-state index < -0.39 is 11.6 Å². The Morgan fingerprint density at radius 2 is 1.90 bits per heavy atom. The summed E-state index contributed by atoms with van der Waals surface area (Å²) >= 11 is 1.60. The summed E-state index contributed by atoms with van der Waals surface area (Å²) < 4.78 is 27.2. The van der Waals surface area contributed by atoms with Crippen molar-refractivity contribution < 1.29 is 8.78 Å². The van der Waals surface area contributed by atoms with Gasteiger partial charge in [-0.2, -0.15) is 0 Å². The number of nitrogens with zero attached hydrogens (tertiary/aromatic N) is 1. The van der Waals surface area contributed by atoms with Crippen LogP contribution in [0.15, 0.2) is 23.6 Å². The van der Waals surface area contributed by atoms with E-state index in [1.165, 1.54) is 18.2 Å². The molecule has 2 unspecified atom stereocenters. The van der Waals surface area contributed by atoms with Crippen molar-refractivity contribution in [3.05, 3.63) is 51.5 Å². The first-order valence-corrected chi connectivity index (χ1v) is 7.46. The van der Waals surface area contributed by atoms with Crippen molar-refractivity contribution in [1.29, 1.82) is 0 Å². The monoisotopic (exact) mass is 296 g/mol. The van der Waals surface area contributed by atoms with Crippen LogP contribution in [0, 0.1) is 18.6 Å². The highest BCUT2D eigenvalue weighted by Crippen LogP contribution is 2.18. The van der Waals surface area contributed by atoms with Gasteiger partial charge >= 0.3 is 0 Å². The Bertz CT molecular complexity index is 563. The molecule has 0 saturated carbocycles. The number of aromatic nitrogens is 1. The highest BCUT2D eigenvalue weighted by atomic mass is 32.1. The molecule has 2 nitrogen and oxygen atoms in total. The van der Waals surface area contributed by atoms with Crippen molar-refractivity contribution >= 4 is 11.3 Å². The van der Waals surface area contributed by atoms with Crippen LogP contribution in [0.5, 0.6) is 0 Å². The molecule has 20 heavy (non-hydrogen) atoms. The maximum Gasteiger partial charge on any atom is 0.129 e. The van der Waals surface area contributed by atoms with E-state index in [0.717, 1.165) is 10.7 Å². The van der Waals surface area contributed by atoms with E-state index >= 15 is 0 Å². The Balaban J connectivity index is 2.00. The van der Waals surface area contributed by atoms with Gasteiger partial charge in [0.05, 0.1) is 10.7 Å². The molecule has 0 saturated heterocycles. The Kier molecular flexibility index (Phi) is 4.83. The first-order chi connectivity index (χ1) is 9.47. The van der Waals surface area contributed by atoms with Gasteiger partial charge in [-0.3, -0.25) is 0 Å². The van der Waals surface area contributed by atoms with Gasteiger partial charge in [0.15, 0.2) is 0 Å². The van der Waals surface area contributed by atoms with Crippen LogP contribution in [0.25, 0.3) is 0 Å². The minimum absolute atomic E-state index is 0.0431. The van der Waals surface area contributed by atoms with Gasteiger partial charge in [-0.15, -0.1) is 11.3 Å². The number of hydrogen-bond donors (Lipinski definition) is 1. The molecule has 0 spiro atoms. The first-order valence-electron chi connectivity index (χ1n) is 6.58. The lowest BCUT2D eigenvalue weighted by atomic mass is 10.0. The third-order valence-electron chi connectivity index (χ3n) is 3.19. The summed E-state index contributed by atoms with van der Waals surface area (Å²) in [5.41, 5.74) is 1.10. The largest absolute Gasteiger partial charge is 0.306 e. The SMILES string of the molecule is Cc1nc(C(C)NC(C)Cc2c(F)cccc2F)cs1. The quantitative estimate of drug-likeness (QED) is 0.901. The molecular weight excluding hydrogens is 278 g/mol. The van der Waals surface area contributed by atoms with E-state index in [0.29, 0.717) is 6.42 Å². The van der Waals surface area contributed by atoms with Gasteiger partial charge in [0, 0.05) is 23.0 Å². The second-order valence-corrected chi connectivity index (χ2v) is 6.05. The summed E-state index contributed by atoms with van der Waals surface area (Å²) in [5, 5.41) is 6.34. The van der Waals surface area contributed by atoms with Gasteiger partial charge in [0.1, 0.15) is 11.6 Å². The summed E-state index contributed by atoms with van der Waals surface area (Å²) in [7, 11) is 0. The molecule has 0 aliphatic rings. The van der Waals surface area contributed by atoms with Gasteiger partial charge in [-0.25, -0.2) is 13.8 Å². The summed E-state index contributed by atoms with van der Waals surface area (Å²) in [5.74, 6) is -0.980. The topological polar surface area (TPSA) is 24.9 Å². The third kappa shape index (κ3) is 3.61. The average Bonchev–Trinajstić information content (AvgIpc) is 2.81. The average molecular weight is 296 g/mol. The summed E-state index contributed by atoms with van der Waals surface area (Å²) in [6.07, 6.45) is 0.311. The molecule has 1 aromatic carbocycles. The molecular formula is C15H18F2N2S. The molecule has 0 fully saturated rings. The number of aryl methyl sites for hydroxylation is 1. The number of halogens is 2. The van der Waals surface area contributed by atoms with Crippen molar-refractivity contribution in [2.24, 2.45) is 0 Å². The summed E-state index contributed by atoms with van der Waals surface area (Å²) in [6.45, 7) is 5.88. The molecule has 5 heteroatoms. The molecule has 0 aliphatic heterocycles. The lowest BCUT2D eigenvalue weighted by Crippen LogP contribution is -2.31. The maximum absolute atomic E-state index is 13.6. The first kappa shape index (κ1) is 15.1. The van der Waals surface area contributed by atoms with E-state index in [1.807, 2.05) is 26.2 Å². The zero-order chi connectivity index (χ0) is 14.7. The lowest BCUT2D eigenvalue weighted by Gasteiger charge is -2.19. The zero-order valence-corrected chi connectivity index (χ0v) is 12.6. The second kappa shape index (κ2) is 6.41. The number of benzene rings is 1. The van der Waals surface area contributed by atoms with E-state index in [9.17, 15) is 8.78 Å². The van der Waals surface area contributed by atoms with Gasteiger partial charge < -0.3 is 5.32 Å². The Morgan fingerprint density at radius 3 is 2.45 bits per heavy atom. The standard InChI is InChI=1S/C15H18F2N2S/c1-9(7-12-13(16)5-4-6-14(12)17)18-10(2)15-8-20-11(3)19-15/h4-6,8-10,18H,7H2,1-3H3. The van der Waals surface area contributed by atoms with Gasteiger partial charge in [-0.05, 0) is 39.3 Å². The summed E-state index contributed by atoms with van der Waals surface area (Å²) in [4.78, 5) is 4.41. The van der Waals surface area contributed by atoms with Crippen molar-refractivity contribution in [1.82, 2.24) is 10.3 Å². The Hall–Kier alpha value is -1.33. The van der Waals surface area contributed by atoms with Crippen molar-refractivity contribution in [2.75, 3.05) is 0 Å². The maximum atomic E-state index is 13.6. The number of hydrogen-bond acceptors (Lipinski definition) is 3. The molecule has 108 valence electrons. The lowest BCUT2D eigenvalue weighted by molar-refractivity contribution is 0.453. The molecule has 1 aromatic heterocycles. The molecule has 1 N–H and O–H groups in total. The normalized spacial score (nSPS) is 14.2. The number of thiazole rings is 1. The molecule has 2 atom stereocenters. The van der Waals surface area contributed by atoms with Gasteiger partial charge in [0.2, 0.25) is 0 Å². The van der Waals surface area contributed by atoms with E-state index in [-0.39, 0.29) is 17.6 Å². The van der Waals surface area contributed by atoms with Crippen LogP contribution in [0.2, 0.25) is 0 Å². The molecule has 0 amide bonds. The van der Waals surface area contributed by atoms with Gasteiger partial charge in [-0.1, -0.05) is 6.07 Å². The highest BCUT2D eigenvalue weighted by Gasteiger charge is 2.16. The van der Waals surface area contributed by atoms with Crippen LogP contribution in [0.1, 0.15) is 36.2 Å². The summed E-state index contributed by atoms with van der Waals surface area (Å²) in [6, 6.07) is 3.98. The molecule has 0 bridgehead atoms. The van der Waals surface area contributed by atoms with Gasteiger partial charge in [0.25, 0.3) is 0 Å². The fraction of sp³-hybridized carbons (Fsp3) is 0.400. The number of rotatable bonds is 5. The molecule has 0 radical (unpaired) electrons. The van der Waals surface area contributed by atoms with E-state index in [2.05, 4.69) is 10.3 Å². The molecule has 0 aliphatic carbocycles. The minimum atomic E-state index is -0.490. The third-order valence-corrected chi connectivity index (χ3v) is 3.98. The van der Waals surface area contributed by atoms with E-state index in [4.69, 9.17) is 0 Å². The number of nitrogens with one attached hydrogen (secondary N) is 1. The van der Waals surface area contributed by atoms with Crippen molar-refractivity contribution in [2.45, 2.75) is 39.3 Å². The van der Waals surface area contributed by atoms with Crippen LogP contribution in [0.4, 0.5) is 8.78 Å². The predicted octanol–water partition coefficient (Wildman–Crippen LogP) is 4.01. The smallest absolute Gasteiger partial charge is 0.129 e. The van der Waals surface area contributed by atoms with Crippen LogP contribution in [-0.2, 0) is 6.42 Å². The highest BCUT2D eigenvalue weighted by molar-refractivity contribution is 7.09. The molecule has 2 aromatic rings. The Morgan fingerprint density at radius 1 is 1.25 bits per heavy atom. The van der Waals surface area contributed by atoms with Crippen LogP contribution < -0.4 is 5.32 Å². The van der Waals surface area contributed by atoms with Crippen molar-refractivity contribution in [3.63, 3.8) is 0 Å². The van der Waals surface area contributed by atoms with Crippen LogP contribution >= 0.6 is 11.3 Å². The zero-order valence-electron chi connectivity index (χ0n) is 11.8. The second-order valence-electron chi connectivity index (χ2n) is 4.99. The fourth-order valence-electron chi connectivity index (χ4n) is 2.18. The van der Waals surface area contributed by atoms with Crippen LogP contribution in [-0.4, -0.2) is 11.0 Å². The fourth-order valence-corrected chi connectivity index (χ4v) is 2.89. The van der Waals surface area contributed by atoms with Crippen LogP contribution in [0.3, 0.4) is 0 Å². The Labute approximate surface area is 121 Å². The molecule has 2 rings (SSSR count). The van der Waals surface area contributed by atoms with E-state index in [1.54, 1.807) is 11.3 Å². The molecule has 1 heterocycles. The predicted molar refractivity (Wildman–Crippen MR) is 77.9 cm³/mol. The van der Waals surface area contributed by atoms with Crippen molar-refractivity contribution in [3.8, 4) is 0 Å². The minimum Gasteiger partial charge on any atom is -0.306 e.